The minimum atomic E-state index is -0.293. The molecule has 5 rings (SSSR count). The van der Waals surface area contributed by atoms with Crippen molar-refractivity contribution >= 4 is 16.9 Å². The van der Waals surface area contributed by atoms with Crippen LogP contribution in [0, 0.1) is 6.92 Å². The first-order chi connectivity index (χ1) is 15.1. The third-order valence-corrected chi connectivity index (χ3v) is 6.09. The summed E-state index contributed by atoms with van der Waals surface area (Å²) < 4.78 is 13.2. The number of carbonyl (C=O) groups excluding carboxylic acids is 1. The fourth-order valence-corrected chi connectivity index (χ4v) is 4.71. The minimum absolute atomic E-state index is 0.293. The topological polar surface area (TPSA) is 53.3 Å². The van der Waals surface area contributed by atoms with Gasteiger partial charge in [-0.15, -0.1) is 0 Å². The van der Waals surface area contributed by atoms with Gasteiger partial charge in [-0.2, -0.15) is 0 Å². The lowest BCUT2D eigenvalue weighted by molar-refractivity contribution is 0.0528. The molecule has 0 atom stereocenters. The number of esters is 1. The first-order valence-corrected chi connectivity index (χ1v) is 10.6. The highest BCUT2D eigenvalue weighted by atomic mass is 16.5. The van der Waals surface area contributed by atoms with Crippen LogP contribution in [-0.2, 0) is 17.7 Å². The third-order valence-electron chi connectivity index (χ3n) is 6.09. The Kier molecular flexibility index (Phi) is 4.74. The average molecular weight is 412 g/mol. The zero-order chi connectivity index (χ0) is 21.5. The summed E-state index contributed by atoms with van der Waals surface area (Å²) in [6.07, 6.45) is 2.69. The van der Waals surface area contributed by atoms with Crippen LogP contribution in [-0.4, -0.2) is 29.2 Å². The normalized spacial score (nSPS) is 12.4. The number of aryl methyl sites for hydroxylation is 1. The van der Waals surface area contributed by atoms with E-state index in [0.717, 1.165) is 57.7 Å². The predicted molar refractivity (Wildman–Crippen MR) is 122 cm³/mol. The van der Waals surface area contributed by atoms with Gasteiger partial charge in [0.25, 0.3) is 0 Å². The molecule has 31 heavy (non-hydrogen) atoms. The van der Waals surface area contributed by atoms with E-state index in [2.05, 4.69) is 34.7 Å². The lowest BCUT2D eigenvalue weighted by atomic mass is 9.93. The van der Waals surface area contributed by atoms with E-state index in [-0.39, 0.29) is 5.97 Å². The van der Waals surface area contributed by atoms with Crippen molar-refractivity contribution in [2.24, 2.45) is 0 Å². The Bertz CT molecular complexity index is 1310. The van der Waals surface area contributed by atoms with E-state index in [1.807, 2.05) is 43.5 Å². The zero-order valence-electron chi connectivity index (χ0n) is 17.9. The van der Waals surface area contributed by atoms with Crippen LogP contribution in [0.15, 0.2) is 54.7 Å². The summed E-state index contributed by atoms with van der Waals surface area (Å²) in [6.45, 7) is 5.06. The van der Waals surface area contributed by atoms with Crippen molar-refractivity contribution in [1.82, 2.24) is 9.55 Å². The largest absolute Gasteiger partial charge is 0.497 e. The Morgan fingerprint density at radius 3 is 2.77 bits per heavy atom. The van der Waals surface area contributed by atoms with E-state index in [0.29, 0.717) is 12.2 Å². The Balaban J connectivity index is 1.85. The number of methoxy groups -OCH3 is 1. The Morgan fingerprint density at radius 1 is 1.13 bits per heavy atom. The Labute approximate surface area is 181 Å². The Hall–Kier alpha value is -3.60. The standard InChI is InChI=1S/C26H24N2O3/c1-4-31-26(29)24-23(21-11-13-27-22-8-6-5-7-20(21)22)16(2)28-14-12-17-15-18(30-3)9-10-19(17)25(24)28/h5-11,13,15H,4,12,14H2,1-3H3. The summed E-state index contributed by atoms with van der Waals surface area (Å²) in [5.41, 5.74) is 7.69. The molecule has 4 aromatic rings. The van der Waals surface area contributed by atoms with Crippen LogP contribution in [0.4, 0.5) is 0 Å². The van der Waals surface area contributed by atoms with Crippen LogP contribution in [0.5, 0.6) is 5.75 Å². The smallest absolute Gasteiger partial charge is 0.340 e. The lowest BCUT2D eigenvalue weighted by Gasteiger charge is -2.22. The van der Waals surface area contributed by atoms with Crippen molar-refractivity contribution in [3.8, 4) is 28.1 Å². The van der Waals surface area contributed by atoms with Gasteiger partial charge in [-0.05, 0) is 61.7 Å². The molecule has 0 spiro atoms. The number of carbonyl (C=O) groups is 1. The summed E-state index contributed by atoms with van der Waals surface area (Å²) in [6, 6.07) is 16.1. The fraction of sp³-hybridized carbons (Fsp3) is 0.231. The van der Waals surface area contributed by atoms with E-state index >= 15 is 0 Å². The molecule has 2 aromatic heterocycles. The fourth-order valence-electron chi connectivity index (χ4n) is 4.71. The van der Waals surface area contributed by atoms with Gasteiger partial charge >= 0.3 is 5.97 Å². The van der Waals surface area contributed by atoms with Gasteiger partial charge in [0.05, 0.1) is 30.5 Å². The number of pyridine rings is 1. The van der Waals surface area contributed by atoms with Crippen molar-refractivity contribution in [1.29, 1.82) is 0 Å². The number of ether oxygens (including phenoxy) is 2. The number of hydrogen-bond donors (Lipinski definition) is 0. The van der Waals surface area contributed by atoms with Crippen LogP contribution in [0.2, 0.25) is 0 Å². The highest BCUT2D eigenvalue weighted by Crippen LogP contribution is 2.44. The molecule has 5 nitrogen and oxygen atoms in total. The summed E-state index contributed by atoms with van der Waals surface area (Å²) in [4.78, 5) is 17.8. The summed E-state index contributed by atoms with van der Waals surface area (Å²) in [5.74, 6) is 0.535. The molecule has 0 N–H and O–H groups in total. The van der Waals surface area contributed by atoms with Crippen molar-refractivity contribution in [3.63, 3.8) is 0 Å². The highest BCUT2D eigenvalue weighted by molar-refractivity contribution is 6.09. The zero-order valence-corrected chi connectivity index (χ0v) is 17.9. The second kappa shape index (κ2) is 7.58. The molecule has 5 heteroatoms. The molecule has 0 fully saturated rings. The molecule has 0 radical (unpaired) electrons. The van der Waals surface area contributed by atoms with Gasteiger partial charge in [-0.25, -0.2) is 4.79 Å². The number of nitrogens with zero attached hydrogens (tertiary/aromatic N) is 2. The van der Waals surface area contributed by atoms with Crippen molar-refractivity contribution in [2.75, 3.05) is 13.7 Å². The number of fused-ring (bicyclic) bond motifs is 4. The van der Waals surface area contributed by atoms with E-state index < -0.39 is 0 Å². The van der Waals surface area contributed by atoms with Gasteiger partial charge < -0.3 is 14.0 Å². The van der Waals surface area contributed by atoms with Gasteiger partial charge in [-0.1, -0.05) is 18.2 Å². The number of hydrogen-bond acceptors (Lipinski definition) is 4. The van der Waals surface area contributed by atoms with Gasteiger partial charge in [0.2, 0.25) is 0 Å². The molecular formula is C26H24N2O3. The maximum atomic E-state index is 13.3. The van der Waals surface area contributed by atoms with Gasteiger partial charge in [0.1, 0.15) is 5.75 Å². The summed E-state index contributed by atoms with van der Waals surface area (Å²) in [5, 5.41) is 1.02. The molecule has 1 aliphatic heterocycles. The van der Waals surface area contributed by atoms with Crippen LogP contribution < -0.4 is 4.74 Å². The molecule has 0 amide bonds. The minimum Gasteiger partial charge on any atom is -0.497 e. The van der Waals surface area contributed by atoms with Crippen LogP contribution in [0.1, 0.15) is 28.5 Å². The van der Waals surface area contributed by atoms with E-state index in [1.54, 1.807) is 7.11 Å². The molecule has 3 heterocycles. The molecule has 0 bridgehead atoms. The molecule has 2 aromatic carbocycles. The third kappa shape index (κ3) is 3.00. The molecule has 156 valence electrons. The van der Waals surface area contributed by atoms with Crippen LogP contribution in [0.25, 0.3) is 33.3 Å². The first-order valence-electron chi connectivity index (χ1n) is 10.6. The summed E-state index contributed by atoms with van der Waals surface area (Å²) in [7, 11) is 1.67. The molecular weight excluding hydrogens is 388 g/mol. The quantitative estimate of drug-likeness (QED) is 0.420. The van der Waals surface area contributed by atoms with Crippen LogP contribution >= 0.6 is 0 Å². The number of aromatic nitrogens is 2. The van der Waals surface area contributed by atoms with E-state index in [9.17, 15) is 4.79 Å². The number of rotatable bonds is 4. The second-order valence-corrected chi connectivity index (χ2v) is 7.70. The van der Waals surface area contributed by atoms with Gasteiger partial charge in [0.15, 0.2) is 0 Å². The molecule has 1 aliphatic rings. The van der Waals surface area contributed by atoms with Crippen molar-refractivity contribution in [2.45, 2.75) is 26.8 Å². The molecule has 0 saturated heterocycles. The summed E-state index contributed by atoms with van der Waals surface area (Å²) >= 11 is 0. The molecule has 0 saturated carbocycles. The monoisotopic (exact) mass is 412 g/mol. The lowest BCUT2D eigenvalue weighted by Crippen LogP contribution is -2.14. The van der Waals surface area contributed by atoms with Crippen molar-refractivity contribution < 1.29 is 14.3 Å². The van der Waals surface area contributed by atoms with Crippen LogP contribution in [0.3, 0.4) is 0 Å². The van der Waals surface area contributed by atoms with Gasteiger partial charge in [-0.3, -0.25) is 4.98 Å². The molecule has 0 unspecified atom stereocenters. The number of benzene rings is 2. The highest BCUT2D eigenvalue weighted by Gasteiger charge is 2.32. The maximum absolute atomic E-state index is 13.3. The average Bonchev–Trinajstić information content (AvgIpc) is 3.11. The second-order valence-electron chi connectivity index (χ2n) is 7.70. The van der Waals surface area contributed by atoms with Crippen molar-refractivity contribution in [3.05, 3.63) is 71.5 Å². The van der Waals surface area contributed by atoms with E-state index in [1.165, 1.54) is 5.56 Å². The van der Waals surface area contributed by atoms with Gasteiger partial charge in [0, 0.05) is 34.9 Å². The predicted octanol–water partition coefficient (Wildman–Crippen LogP) is 5.42. The number of para-hydroxylation sites is 1. The SMILES string of the molecule is CCOC(=O)c1c(-c2ccnc3ccccc23)c(C)n2c1-c1ccc(OC)cc1CC2. The Morgan fingerprint density at radius 2 is 1.97 bits per heavy atom. The first kappa shape index (κ1) is 19.4. The molecule has 0 aliphatic carbocycles. The van der Waals surface area contributed by atoms with E-state index in [4.69, 9.17) is 9.47 Å². The maximum Gasteiger partial charge on any atom is 0.340 e.